The second-order valence-corrected chi connectivity index (χ2v) is 9.35. The fraction of sp³-hybridized carbons (Fsp3) is 0.444. The summed E-state index contributed by atoms with van der Waals surface area (Å²) >= 11 is 0. The zero-order chi connectivity index (χ0) is 20.6. The summed E-state index contributed by atoms with van der Waals surface area (Å²) in [5, 5.41) is 2.68. The third-order valence-corrected chi connectivity index (χ3v) is 6.41. The molecule has 0 aliphatic carbocycles. The van der Waals surface area contributed by atoms with Crippen molar-refractivity contribution in [1.29, 1.82) is 0 Å². The maximum absolute atomic E-state index is 2.41. The molecule has 1 heterocycles. The smallest absolute Gasteiger partial charge is 0.200 e. The fourth-order valence-corrected chi connectivity index (χ4v) is 4.28. The standard InChI is InChI=1S/C27H36N/c1-9-20(10-2)21-11-12-24-22(16-21)13-14-28(8)26(24)25-17-23(27(5,6)7)15-18(3)19(25)4/h11-17,20H,9-10H2,1-8H3/q+1. The number of rotatable bonds is 4. The van der Waals surface area contributed by atoms with Gasteiger partial charge in [-0.2, -0.15) is 0 Å². The third kappa shape index (κ3) is 3.72. The maximum atomic E-state index is 2.41. The molecule has 3 aromatic rings. The molecule has 28 heavy (non-hydrogen) atoms. The van der Waals surface area contributed by atoms with Gasteiger partial charge in [-0.05, 0) is 77.8 Å². The molecule has 0 saturated heterocycles. The molecule has 0 fully saturated rings. The van der Waals surface area contributed by atoms with Crippen LogP contribution >= 0.6 is 0 Å². The number of hydrogen-bond acceptors (Lipinski definition) is 0. The van der Waals surface area contributed by atoms with Gasteiger partial charge in [-0.15, -0.1) is 0 Å². The van der Waals surface area contributed by atoms with Gasteiger partial charge >= 0.3 is 0 Å². The molecule has 0 bridgehead atoms. The van der Waals surface area contributed by atoms with Crippen LogP contribution in [0.15, 0.2) is 42.6 Å². The first-order valence-electron chi connectivity index (χ1n) is 10.7. The molecule has 1 heteroatoms. The average Bonchev–Trinajstić information content (AvgIpc) is 2.64. The third-order valence-electron chi connectivity index (χ3n) is 6.41. The highest BCUT2D eigenvalue weighted by Crippen LogP contribution is 2.35. The lowest BCUT2D eigenvalue weighted by atomic mass is 9.82. The Morgan fingerprint density at radius 3 is 2.21 bits per heavy atom. The molecule has 1 aromatic heterocycles. The van der Waals surface area contributed by atoms with Crippen LogP contribution in [0.5, 0.6) is 0 Å². The van der Waals surface area contributed by atoms with Crippen molar-refractivity contribution in [3.8, 4) is 11.3 Å². The first-order chi connectivity index (χ1) is 13.2. The van der Waals surface area contributed by atoms with Crippen LogP contribution in [-0.2, 0) is 12.5 Å². The molecule has 0 N–H and O–H groups in total. The van der Waals surface area contributed by atoms with Crippen LogP contribution in [0.2, 0.25) is 0 Å². The minimum atomic E-state index is 0.138. The molecule has 0 amide bonds. The minimum absolute atomic E-state index is 0.138. The van der Waals surface area contributed by atoms with Crippen LogP contribution < -0.4 is 4.57 Å². The lowest BCUT2D eigenvalue weighted by Gasteiger charge is -2.22. The highest BCUT2D eigenvalue weighted by molar-refractivity contribution is 5.94. The molecule has 0 spiro atoms. The fourth-order valence-electron chi connectivity index (χ4n) is 4.28. The second kappa shape index (κ2) is 7.70. The summed E-state index contributed by atoms with van der Waals surface area (Å²) in [6.45, 7) is 16.0. The Labute approximate surface area is 171 Å². The highest BCUT2D eigenvalue weighted by atomic mass is 14.9. The maximum Gasteiger partial charge on any atom is 0.220 e. The van der Waals surface area contributed by atoms with E-state index in [2.05, 4.69) is 103 Å². The van der Waals surface area contributed by atoms with E-state index in [1.54, 1.807) is 0 Å². The predicted octanol–water partition coefficient (Wildman–Crippen LogP) is 7.15. The molecule has 0 unspecified atom stereocenters. The molecule has 0 aliphatic rings. The number of nitrogens with zero attached hydrogens (tertiary/aromatic N) is 1. The molecule has 0 saturated carbocycles. The summed E-state index contributed by atoms with van der Waals surface area (Å²) in [4.78, 5) is 0. The van der Waals surface area contributed by atoms with Crippen molar-refractivity contribution in [3.05, 3.63) is 64.8 Å². The summed E-state index contributed by atoms with van der Waals surface area (Å²) in [6, 6.07) is 14.1. The molecule has 2 aromatic carbocycles. The molecule has 0 radical (unpaired) electrons. The molecular formula is C27H36N+. The SMILES string of the molecule is CCC(CC)c1ccc2c(-c3cc(C(C)(C)C)cc(C)c3C)[n+](C)ccc2c1. The second-order valence-electron chi connectivity index (χ2n) is 9.35. The zero-order valence-corrected chi connectivity index (χ0v) is 19.0. The monoisotopic (exact) mass is 374 g/mol. The van der Waals surface area contributed by atoms with Gasteiger partial charge in [0.1, 0.15) is 7.05 Å². The summed E-state index contributed by atoms with van der Waals surface area (Å²) in [7, 11) is 2.17. The van der Waals surface area contributed by atoms with E-state index in [4.69, 9.17) is 0 Å². The van der Waals surface area contributed by atoms with Gasteiger partial charge in [-0.25, -0.2) is 4.57 Å². The van der Waals surface area contributed by atoms with Crippen LogP contribution in [-0.4, -0.2) is 0 Å². The van der Waals surface area contributed by atoms with Crippen molar-refractivity contribution in [2.24, 2.45) is 7.05 Å². The van der Waals surface area contributed by atoms with Crippen molar-refractivity contribution in [1.82, 2.24) is 0 Å². The van der Waals surface area contributed by atoms with Gasteiger partial charge in [0, 0.05) is 6.07 Å². The van der Waals surface area contributed by atoms with Gasteiger partial charge in [0.25, 0.3) is 0 Å². The van der Waals surface area contributed by atoms with Crippen molar-refractivity contribution in [2.45, 2.75) is 72.6 Å². The summed E-state index contributed by atoms with van der Waals surface area (Å²) in [6.07, 6.45) is 4.61. The Morgan fingerprint density at radius 1 is 0.929 bits per heavy atom. The largest absolute Gasteiger partial charge is 0.220 e. The molecule has 0 aliphatic heterocycles. The highest BCUT2D eigenvalue weighted by Gasteiger charge is 2.22. The lowest BCUT2D eigenvalue weighted by molar-refractivity contribution is -0.659. The first-order valence-corrected chi connectivity index (χ1v) is 10.7. The van der Waals surface area contributed by atoms with Crippen LogP contribution in [0.4, 0.5) is 0 Å². The molecule has 0 atom stereocenters. The molecule has 3 rings (SSSR count). The minimum Gasteiger partial charge on any atom is -0.200 e. The van der Waals surface area contributed by atoms with E-state index in [0.29, 0.717) is 5.92 Å². The Morgan fingerprint density at radius 2 is 1.61 bits per heavy atom. The van der Waals surface area contributed by atoms with Gasteiger partial charge in [-0.3, -0.25) is 0 Å². The van der Waals surface area contributed by atoms with E-state index in [-0.39, 0.29) is 5.41 Å². The van der Waals surface area contributed by atoms with Crippen molar-refractivity contribution < 1.29 is 4.57 Å². The molecular weight excluding hydrogens is 338 g/mol. The number of aromatic nitrogens is 1. The quantitative estimate of drug-likeness (QED) is 0.427. The number of pyridine rings is 1. The van der Waals surface area contributed by atoms with Crippen LogP contribution in [0, 0.1) is 13.8 Å². The van der Waals surface area contributed by atoms with Gasteiger partial charge in [-0.1, -0.05) is 52.8 Å². The van der Waals surface area contributed by atoms with Crippen molar-refractivity contribution >= 4 is 10.8 Å². The average molecular weight is 375 g/mol. The summed E-state index contributed by atoms with van der Waals surface area (Å²) in [5.41, 5.74) is 8.42. The van der Waals surface area contributed by atoms with Crippen LogP contribution in [0.25, 0.3) is 22.0 Å². The van der Waals surface area contributed by atoms with Crippen molar-refractivity contribution in [3.63, 3.8) is 0 Å². The number of fused-ring (bicyclic) bond motifs is 1. The van der Waals surface area contributed by atoms with Gasteiger partial charge < -0.3 is 0 Å². The first kappa shape index (κ1) is 20.6. The lowest BCUT2D eigenvalue weighted by Crippen LogP contribution is -2.31. The Balaban J connectivity index is 2.29. The molecule has 148 valence electrons. The van der Waals surface area contributed by atoms with E-state index < -0.39 is 0 Å². The van der Waals surface area contributed by atoms with Crippen LogP contribution in [0.1, 0.15) is 75.6 Å². The molecule has 1 nitrogen and oxygen atoms in total. The normalized spacial score (nSPS) is 12.2. The Kier molecular flexibility index (Phi) is 5.66. The number of hydrogen-bond donors (Lipinski definition) is 0. The van der Waals surface area contributed by atoms with Crippen molar-refractivity contribution in [2.75, 3.05) is 0 Å². The zero-order valence-electron chi connectivity index (χ0n) is 19.0. The number of aryl methyl sites for hydroxylation is 2. The van der Waals surface area contributed by atoms with Crippen LogP contribution in [0.3, 0.4) is 0 Å². The summed E-state index contributed by atoms with van der Waals surface area (Å²) < 4.78 is 2.29. The van der Waals surface area contributed by atoms with Gasteiger partial charge in [0.15, 0.2) is 6.20 Å². The van der Waals surface area contributed by atoms with Gasteiger partial charge in [0.2, 0.25) is 5.69 Å². The van der Waals surface area contributed by atoms with E-state index in [1.165, 1.54) is 57.1 Å². The van der Waals surface area contributed by atoms with E-state index in [0.717, 1.165) is 0 Å². The van der Waals surface area contributed by atoms with E-state index in [9.17, 15) is 0 Å². The predicted molar refractivity (Wildman–Crippen MR) is 122 cm³/mol. The van der Waals surface area contributed by atoms with E-state index >= 15 is 0 Å². The summed E-state index contributed by atoms with van der Waals surface area (Å²) in [5.74, 6) is 0.648. The number of benzene rings is 2. The Bertz CT molecular complexity index is 1000. The Hall–Kier alpha value is -2.15. The van der Waals surface area contributed by atoms with E-state index in [1.807, 2.05) is 0 Å². The van der Waals surface area contributed by atoms with Gasteiger partial charge in [0.05, 0.1) is 10.9 Å². The topological polar surface area (TPSA) is 3.88 Å².